The van der Waals surface area contributed by atoms with E-state index in [2.05, 4.69) is 10.6 Å². The van der Waals surface area contributed by atoms with Gasteiger partial charge in [-0.3, -0.25) is 0 Å². The highest BCUT2D eigenvalue weighted by atomic mass is 35.5. The molecule has 19 heavy (non-hydrogen) atoms. The summed E-state index contributed by atoms with van der Waals surface area (Å²) in [5.41, 5.74) is 1.11. The van der Waals surface area contributed by atoms with Gasteiger partial charge in [0.15, 0.2) is 0 Å². The van der Waals surface area contributed by atoms with E-state index in [1.807, 2.05) is 31.3 Å². The van der Waals surface area contributed by atoms with E-state index in [1.54, 1.807) is 0 Å². The van der Waals surface area contributed by atoms with E-state index in [0.717, 1.165) is 12.0 Å². The summed E-state index contributed by atoms with van der Waals surface area (Å²) in [5.74, 6) is 0. The summed E-state index contributed by atoms with van der Waals surface area (Å²) < 4.78 is 5.37. The van der Waals surface area contributed by atoms with Gasteiger partial charge in [0, 0.05) is 24.2 Å². The topological polar surface area (TPSA) is 70.6 Å². The molecule has 0 fully saturated rings. The Morgan fingerprint density at radius 1 is 1.47 bits per heavy atom. The van der Waals surface area contributed by atoms with E-state index < -0.39 is 6.09 Å². The van der Waals surface area contributed by atoms with Gasteiger partial charge >= 0.3 is 6.09 Å². The third kappa shape index (κ3) is 6.42. The van der Waals surface area contributed by atoms with Crippen LogP contribution in [0.4, 0.5) is 4.79 Å². The lowest BCUT2D eigenvalue weighted by Gasteiger charge is -2.17. The van der Waals surface area contributed by atoms with Crippen molar-refractivity contribution >= 4 is 17.7 Å². The molecule has 0 aliphatic rings. The van der Waals surface area contributed by atoms with Gasteiger partial charge in [0.2, 0.25) is 0 Å². The molecule has 0 heterocycles. The van der Waals surface area contributed by atoms with Crippen LogP contribution in [0.5, 0.6) is 0 Å². The van der Waals surface area contributed by atoms with E-state index in [4.69, 9.17) is 21.4 Å². The molecule has 0 spiro atoms. The Labute approximate surface area is 117 Å². The number of amides is 1. The minimum atomic E-state index is -1.03. The van der Waals surface area contributed by atoms with Crippen molar-refractivity contribution in [2.24, 2.45) is 0 Å². The molecule has 1 aromatic rings. The average molecular weight is 287 g/mol. The van der Waals surface area contributed by atoms with Crippen molar-refractivity contribution in [2.45, 2.75) is 12.5 Å². The van der Waals surface area contributed by atoms with Crippen LogP contribution in [-0.2, 0) is 4.74 Å². The minimum absolute atomic E-state index is 0.172. The smallest absolute Gasteiger partial charge is 0.404 e. The van der Waals surface area contributed by atoms with Gasteiger partial charge in [-0.05, 0) is 31.2 Å². The van der Waals surface area contributed by atoms with Crippen LogP contribution in [0.25, 0.3) is 0 Å². The number of hydrogen-bond acceptors (Lipinski definition) is 3. The monoisotopic (exact) mass is 286 g/mol. The Balaban J connectivity index is 2.27. The van der Waals surface area contributed by atoms with Gasteiger partial charge in [0.1, 0.15) is 0 Å². The van der Waals surface area contributed by atoms with Gasteiger partial charge in [-0.2, -0.15) is 0 Å². The first-order chi connectivity index (χ1) is 9.13. The maximum atomic E-state index is 10.2. The first-order valence-electron chi connectivity index (χ1n) is 6.10. The standard InChI is InChI=1S/C13H19ClN2O3/c1-15-12(10-3-2-4-11(14)9-10)5-7-19-8-6-16-13(17)18/h2-4,9,12,15-16H,5-8H2,1H3,(H,17,18). The van der Waals surface area contributed by atoms with Gasteiger partial charge in [-0.25, -0.2) is 4.79 Å². The molecule has 0 bridgehead atoms. The highest BCUT2D eigenvalue weighted by Crippen LogP contribution is 2.20. The lowest BCUT2D eigenvalue weighted by molar-refractivity contribution is 0.124. The van der Waals surface area contributed by atoms with E-state index in [-0.39, 0.29) is 6.04 Å². The molecular formula is C13H19ClN2O3. The largest absolute Gasteiger partial charge is 0.465 e. The van der Waals surface area contributed by atoms with Crippen LogP contribution < -0.4 is 10.6 Å². The second-order valence-corrected chi connectivity index (χ2v) is 4.47. The zero-order valence-corrected chi connectivity index (χ0v) is 11.6. The Hall–Kier alpha value is -1.30. The molecule has 1 atom stereocenters. The molecule has 6 heteroatoms. The number of ether oxygens (including phenoxy) is 1. The number of nitrogens with one attached hydrogen (secondary N) is 2. The molecule has 0 radical (unpaired) electrons. The second-order valence-electron chi connectivity index (χ2n) is 4.03. The van der Waals surface area contributed by atoms with Crippen LogP contribution in [0, 0.1) is 0 Å². The summed E-state index contributed by atoms with van der Waals surface area (Å²) in [5, 5.41) is 14.5. The molecule has 0 aromatic heterocycles. The second kappa shape index (κ2) is 8.74. The zero-order valence-electron chi connectivity index (χ0n) is 10.9. The Morgan fingerprint density at radius 3 is 2.89 bits per heavy atom. The van der Waals surface area contributed by atoms with Crippen molar-refractivity contribution in [3.05, 3.63) is 34.9 Å². The van der Waals surface area contributed by atoms with Crippen LogP contribution in [0.3, 0.4) is 0 Å². The molecule has 1 aromatic carbocycles. The van der Waals surface area contributed by atoms with E-state index in [9.17, 15) is 4.79 Å². The van der Waals surface area contributed by atoms with E-state index in [1.165, 1.54) is 0 Å². The molecule has 1 unspecified atom stereocenters. The molecule has 0 saturated heterocycles. The van der Waals surface area contributed by atoms with Gasteiger partial charge < -0.3 is 20.5 Å². The van der Waals surface area contributed by atoms with Gasteiger partial charge in [-0.15, -0.1) is 0 Å². The fraction of sp³-hybridized carbons (Fsp3) is 0.462. The minimum Gasteiger partial charge on any atom is -0.465 e. The Kier molecular flexibility index (Phi) is 7.25. The van der Waals surface area contributed by atoms with Crippen molar-refractivity contribution in [1.29, 1.82) is 0 Å². The molecular weight excluding hydrogens is 268 g/mol. The third-order valence-electron chi connectivity index (χ3n) is 2.67. The molecule has 0 saturated carbocycles. The molecule has 1 amide bonds. The predicted molar refractivity (Wildman–Crippen MR) is 74.7 cm³/mol. The Bertz CT molecular complexity index is 401. The molecule has 0 aliphatic carbocycles. The summed E-state index contributed by atoms with van der Waals surface area (Å²) >= 11 is 5.96. The number of hydrogen-bond donors (Lipinski definition) is 3. The first kappa shape index (κ1) is 15.8. The maximum absolute atomic E-state index is 10.2. The molecule has 5 nitrogen and oxygen atoms in total. The zero-order chi connectivity index (χ0) is 14.1. The third-order valence-corrected chi connectivity index (χ3v) is 2.91. The molecule has 106 valence electrons. The number of halogens is 1. The van der Waals surface area contributed by atoms with Crippen LogP contribution in [0.2, 0.25) is 5.02 Å². The number of carboxylic acid groups (broad SMARTS) is 1. The van der Waals surface area contributed by atoms with Crippen molar-refractivity contribution in [1.82, 2.24) is 10.6 Å². The van der Waals surface area contributed by atoms with Gasteiger partial charge in [-0.1, -0.05) is 23.7 Å². The summed E-state index contributed by atoms with van der Waals surface area (Å²) in [7, 11) is 1.89. The van der Waals surface area contributed by atoms with Crippen LogP contribution in [0.1, 0.15) is 18.0 Å². The predicted octanol–water partition coefficient (Wildman–Crippen LogP) is 2.27. The first-order valence-corrected chi connectivity index (χ1v) is 6.48. The number of benzene rings is 1. The van der Waals surface area contributed by atoms with E-state index in [0.29, 0.717) is 24.8 Å². The highest BCUT2D eigenvalue weighted by molar-refractivity contribution is 6.30. The van der Waals surface area contributed by atoms with Crippen molar-refractivity contribution in [3.63, 3.8) is 0 Å². The van der Waals surface area contributed by atoms with Crippen LogP contribution >= 0.6 is 11.6 Å². The average Bonchev–Trinajstić information content (AvgIpc) is 2.37. The van der Waals surface area contributed by atoms with Crippen molar-refractivity contribution in [3.8, 4) is 0 Å². The molecule has 1 rings (SSSR count). The number of rotatable bonds is 8. The summed E-state index contributed by atoms with van der Waals surface area (Å²) in [4.78, 5) is 10.2. The summed E-state index contributed by atoms with van der Waals surface area (Å²) in [6.45, 7) is 1.23. The van der Waals surface area contributed by atoms with Crippen LogP contribution in [0.15, 0.2) is 24.3 Å². The lowest BCUT2D eigenvalue weighted by Crippen LogP contribution is -2.26. The van der Waals surface area contributed by atoms with Crippen LogP contribution in [-0.4, -0.2) is 38.0 Å². The lowest BCUT2D eigenvalue weighted by atomic mass is 10.0. The molecule has 0 aliphatic heterocycles. The SMILES string of the molecule is CNC(CCOCCNC(=O)O)c1cccc(Cl)c1. The summed E-state index contributed by atoms with van der Waals surface area (Å²) in [6, 6.07) is 7.87. The summed E-state index contributed by atoms with van der Waals surface area (Å²) in [6.07, 6.45) is -0.236. The Morgan fingerprint density at radius 2 is 2.26 bits per heavy atom. The highest BCUT2D eigenvalue weighted by Gasteiger charge is 2.09. The molecule has 3 N–H and O–H groups in total. The fourth-order valence-electron chi connectivity index (χ4n) is 1.73. The van der Waals surface area contributed by atoms with Crippen molar-refractivity contribution < 1.29 is 14.6 Å². The van der Waals surface area contributed by atoms with Gasteiger partial charge in [0.25, 0.3) is 0 Å². The fourth-order valence-corrected chi connectivity index (χ4v) is 1.93. The van der Waals surface area contributed by atoms with Crippen molar-refractivity contribution in [2.75, 3.05) is 26.8 Å². The van der Waals surface area contributed by atoms with E-state index >= 15 is 0 Å². The maximum Gasteiger partial charge on any atom is 0.404 e. The van der Waals surface area contributed by atoms with Gasteiger partial charge in [0.05, 0.1) is 6.61 Å². The quantitative estimate of drug-likeness (QED) is 0.641. The normalized spacial score (nSPS) is 12.1. The number of carbonyl (C=O) groups is 1.